The van der Waals surface area contributed by atoms with Gasteiger partial charge in [0.15, 0.2) is 0 Å². The standard InChI is InChI=1S/C9H10N4/c10-9-11-5-7-3-4-8(6-1-2-6)13(7)12-9/h3-6H,1-2H2,(H2,10,12). The van der Waals surface area contributed by atoms with E-state index in [1.807, 2.05) is 10.6 Å². The molecule has 1 saturated carbocycles. The molecule has 0 bridgehead atoms. The summed E-state index contributed by atoms with van der Waals surface area (Å²) in [6.07, 6.45) is 4.31. The first-order chi connectivity index (χ1) is 6.34. The first kappa shape index (κ1) is 6.88. The fraction of sp³-hybridized carbons (Fsp3) is 0.333. The van der Waals surface area contributed by atoms with E-state index >= 15 is 0 Å². The highest BCUT2D eigenvalue weighted by atomic mass is 15.3. The Kier molecular flexibility index (Phi) is 1.17. The van der Waals surface area contributed by atoms with Crippen LogP contribution in [0.15, 0.2) is 18.3 Å². The molecule has 0 amide bonds. The molecule has 2 heterocycles. The van der Waals surface area contributed by atoms with Crippen LogP contribution in [-0.2, 0) is 0 Å². The lowest BCUT2D eigenvalue weighted by Crippen LogP contribution is -2.02. The van der Waals surface area contributed by atoms with Gasteiger partial charge in [0, 0.05) is 11.6 Å². The van der Waals surface area contributed by atoms with Gasteiger partial charge in [-0.25, -0.2) is 9.50 Å². The Labute approximate surface area is 75.4 Å². The minimum Gasteiger partial charge on any atom is -0.367 e. The topological polar surface area (TPSA) is 56.2 Å². The smallest absolute Gasteiger partial charge is 0.238 e. The van der Waals surface area contributed by atoms with Crippen LogP contribution in [0.5, 0.6) is 0 Å². The number of aromatic nitrogens is 3. The van der Waals surface area contributed by atoms with E-state index in [1.54, 1.807) is 6.20 Å². The Morgan fingerprint density at radius 1 is 1.38 bits per heavy atom. The molecule has 2 N–H and O–H groups in total. The van der Waals surface area contributed by atoms with Crippen molar-refractivity contribution in [1.82, 2.24) is 14.6 Å². The lowest BCUT2D eigenvalue weighted by molar-refractivity contribution is 0.841. The predicted molar refractivity (Wildman–Crippen MR) is 49.4 cm³/mol. The average Bonchev–Trinajstić information content (AvgIpc) is 2.87. The van der Waals surface area contributed by atoms with E-state index in [0.29, 0.717) is 11.9 Å². The Morgan fingerprint density at radius 2 is 2.23 bits per heavy atom. The summed E-state index contributed by atoms with van der Waals surface area (Å²) in [6, 6.07) is 4.15. The van der Waals surface area contributed by atoms with Gasteiger partial charge in [-0.15, -0.1) is 5.10 Å². The number of hydrogen-bond acceptors (Lipinski definition) is 3. The fourth-order valence-electron chi connectivity index (χ4n) is 1.62. The average molecular weight is 174 g/mol. The highest BCUT2D eigenvalue weighted by Gasteiger charge is 2.26. The molecule has 4 heteroatoms. The second-order valence-electron chi connectivity index (χ2n) is 3.49. The molecule has 1 aliphatic rings. The van der Waals surface area contributed by atoms with Crippen LogP contribution >= 0.6 is 0 Å². The molecule has 2 aromatic rings. The zero-order valence-corrected chi connectivity index (χ0v) is 7.14. The molecule has 1 aliphatic carbocycles. The number of fused-ring (bicyclic) bond motifs is 1. The summed E-state index contributed by atoms with van der Waals surface area (Å²) >= 11 is 0. The second kappa shape index (κ2) is 2.22. The summed E-state index contributed by atoms with van der Waals surface area (Å²) in [5.74, 6) is 1.03. The van der Waals surface area contributed by atoms with Gasteiger partial charge in [0.25, 0.3) is 0 Å². The summed E-state index contributed by atoms with van der Waals surface area (Å²) in [6.45, 7) is 0. The van der Waals surface area contributed by atoms with Crippen molar-refractivity contribution in [2.45, 2.75) is 18.8 Å². The third kappa shape index (κ3) is 0.983. The van der Waals surface area contributed by atoms with Crippen molar-refractivity contribution in [2.24, 2.45) is 0 Å². The van der Waals surface area contributed by atoms with Gasteiger partial charge in [0.05, 0.1) is 11.7 Å². The van der Waals surface area contributed by atoms with Crippen LogP contribution in [0.25, 0.3) is 5.52 Å². The SMILES string of the molecule is Nc1ncc2ccc(C3CC3)n2n1. The van der Waals surface area contributed by atoms with Gasteiger partial charge in [-0.3, -0.25) is 0 Å². The van der Waals surface area contributed by atoms with Gasteiger partial charge < -0.3 is 5.73 Å². The van der Waals surface area contributed by atoms with E-state index in [4.69, 9.17) is 5.73 Å². The number of nitrogen functional groups attached to an aromatic ring is 1. The van der Waals surface area contributed by atoms with Gasteiger partial charge in [-0.1, -0.05) is 0 Å². The van der Waals surface area contributed by atoms with E-state index in [2.05, 4.69) is 16.1 Å². The fourth-order valence-corrected chi connectivity index (χ4v) is 1.62. The van der Waals surface area contributed by atoms with Crippen LogP contribution in [0.1, 0.15) is 24.5 Å². The molecule has 4 nitrogen and oxygen atoms in total. The molecule has 0 radical (unpaired) electrons. The number of anilines is 1. The predicted octanol–water partition coefficient (Wildman–Crippen LogP) is 1.19. The van der Waals surface area contributed by atoms with E-state index in [0.717, 1.165) is 5.52 Å². The van der Waals surface area contributed by atoms with Crippen LogP contribution in [0.3, 0.4) is 0 Å². The minimum atomic E-state index is 0.339. The third-order valence-electron chi connectivity index (χ3n) is 2.44. The Balaban J connectivity index is 2.29. The molecule has 66 valence electrons. The summed E-state index contributed by atoms with van der Waals surface area (Å²) in [4.78, 5) is 3.95. The van der Waals surface area contributed by atoms with Gasteiger partial charge in [0.1, 0.15) is 0 Å². The summed E-state index contributed by atoms with van der Waals surface area (Å²) < 4.78 is 1.90. The molecule has 0 unspecified atom stereocenters. The molecule has 0 aromatic carbocycles. The minimum absolute atomic E-state index is 0.339. The molecular formula is C9H10N4. The number of rotatable bonds is 1. The number of nitrogens with zero attached hydrogens (tertiary/aromatic N) is 3. The van der Waals surface area contributed by atoms with Crippen LogP contribution in [0, 0.1) is 0 Å². The van der Waals surface area contributed by atoms with Crippen LogP contribution in [0.4, 0.5) is 5.95 Å². The van der Waals surface area contributed by atoms with Gasteiger partial charge in [-0.05, 0) is 25.0 Å². The first-order valence-corrected chi connectivity index (χ1v) is 4.45. The van der Waals surface area contributed by atoms with E-state index in [-0.39, 0.29) is 0 Å². The molecule has 0 atom stereocenters. The molecule has 1 fully saturated rings. The summed E-state index contributed by atoms with van der Waals surface area (Å²) in [5.41, 5.74) is 7.82. The van der Waals surface area contributed by atoms with Crippen molar-refractivity contribution >= 4 is 11.5 Å². The van der Waals surface area contributed by atoms with E-state index in [9.17, 15) is 0 Å². The Bertz CT molecular complexity index is 456. The maximum Gasteiger partial charge on any atom is 0.238 e. The molecule has 0 spiro atoms. The maximum absolute atomic E-state index is 5.53. The van der Waals surface area contributed by atoms with Crippen LogP contribution in [-0.4, -0.2) is 14.6 Å². The van der Waals surface area contributed by atoms with Crippen molar-refractivity contribution in [3.05, 3.63) is 24.0 Å². The Morgan fingerprint density at radius 3 is 3.00 bits per heavy atom. The van der Waals surface area contributed by atoms with Crippen LogP contribution < -0.4 is 5.73 Å². The molecular weight excluding hydrogens is 164 g/mol. The second-order valence-corrected chi connectivity index (χ2v) is 3.49. The van der Waals surface area contributed by atoms with Gasteiger partial charge >= 0.3 is 0 Å². The molecule has 13 heavy (non-hydrogen) atoms. The van der Waals surface area contributed by atoms with E-state index < -0.39 is 0 Å². The van der Waals surface area contributed by atoms with E-state index in [1.165, 1.54) is 18.5 Å². The van der Waals surface area contributed by atoms with Crippen molar-refractivity contribution in [2.75, 3.05) is 5.73 Å². The molecule has 0 saturated heterocycles. The zero-order valence-electron chi connectivity index (χ0n) is 7.14. The maximum atomic E-state index is 5.53. The summed E-state index contributed by atoms with van der Waals surface area (Å²) in [5, 5.41) is 4.18. The highest BCUT2D eigenvalue weighted by Crippen LogP contribution is 2.40. The van der Waals surface area contributed by atoms with Crippen LogP contribution in [0.2, 0.25) is 0 Å². The molecule has 2 aromatic heterocycles. The summed E-state index contributed by atoms with van der Waals surface area (Å²) in [7, 11) is 0. The third-order valence-corrected chi connectivity index (χ3v) is 2.44. The lowest BCUT2D eigenvalue weighted by atomic mass is 10.3. The largest absolute Gasteiger partial charge is 0.367 e. The lowest BCUT2D eigenvalue weighted by Gasteiger charge is -1.99. The number of nitrogens with two attached hydrogens (primary N) is 1. The van der Waals surface area contributed by atoms with Gasteiger partial charge in [0.2, 0.25) is 5.95 Å². The molecule has 3 rings (SSSR count). The normalized spacial score (nSPS) is 16.6. The van der Waals surface area contributed by atoms with Crippen molar-refractivity contribution in [3.63, 3.8) is 0 Å². The zero-order chi connectivity index (χ0) is 8.84. The highest BCUT2D eigenvalue weighted by molar-refractivity contribution is 5.48. The van der Waals surface area contributed by atoms with Gasteiger partial charge in [-0.2, -0.15) is 0 Å². The molecule has 0 aliphatic heterocycles. The quantitative estimate of drug-likeness (QED) is 0.706. The number of hydrogen-bond donors (Lipinski definition) is 1. The Hall–Kier alpha value is -1.58. The van der Waals surface area contributed by atoms with Crippen molar-refractivity contribution < 1.29 is 0 Å². The van der Waals surface area contributed by atoms with Crippen molar-refractivity contribution in [1.29, 1.82) is 0 Å². The monoisotopic (exact) mass is 174 g/mol. The first-order valence-electron chi connectivity index (χ1n) is 4.45. The van der Waals surface area contributed by atoms with Crippen molar-refractivity contribution in [3.8, 4) is 0 Å².